The zero-order valence-corrected chi connectivity index (χ0v) is 13.3. The zero-order valence-electron chi connectivity index (χ0n) is 13.3. The molecule has 2 aromatic carbocycles. The van der Waals surface area contributed by atoms with Gasteiger partial charge in [0.2, 0.25) is 0 Å². The first-order chi connectivity index (χ1) is 11.7. The van der Waals surface area contributed by atoms with Gasteiger partial charge in [0, 0.05) is 17.8 Å². The first-order valence-corrected chi connectivity index (χ1v) is 7.91. The average molecular weight is 320 g/mol. The Hall–Kier alpha value is -2.95. The minimum Gasteiger partial charge on any atom is -0.340 e. The summed E-state index contributed by atoms with van der Waals surface area (Å²) in [6.07, 6.45) is 1.79. The van der Waals surface area contributed by atoms with Crippen LogP contribution in [0.25, 0.3) is 11.3 Å². The van der Waals surface area contributed by atoms with E-state index in [2.05, 4.69) is 33.9 Å². The quantitative estimate of drug-likeness (QED) is 0.787. The number of aromatic nitrogens is 2. The van der Waals surface area contributed by atoms with E-state index in [1.807, 2.05) is 12.1 Å². The van der Waals surface area contributed by atoms with Crippen molar-refractivity contribution in [1.29, 1.82) is 0 Å². The van der Waals surface area contributed by atoms with Crippen molar-refractivity contribution in [3.05, 3.63) is 65.7 Å². The Balaban J connectivity index is 1.81. The van der Waals surface area contributed by atoms with E-state index in [1.165, 1.54) is 17.7 Å². The standard InChI is InChI=1S/C19H17FN4/c1-13-2-8-16(9-3-13)22-19-18(14-4-6-15(20)7-5-14)23-17-12-21-10-11-24(17)19/h2-9,12,22H,10-11H2,1H3. The summed E-state index contributed by atoms with van der Waals surface area (Å²) in [6, 6.07) is 14.6. The minimum absolute atomic E-state index is 0.252. The second-order valence-electron chi connectivity index (χ2n) is 5.85. The minimum atomic E-state index is -0.252. The fourth-order valence-electron chi connectivity index (χ4n) is 2.81. The molecule has 0 saturated heterocycles. The number of nitrogens with zero attached hydrogens (tertiary/aromatic N) is 3. The number of hydrogen-bond donors (Lipinski definition) is 1. The van der Waals surface area contributed by atoms with Crippen LogP contribution in [0.4, 0.5) is 15.9 Å². The van der Waals surface area contributed by atoms with Crippen LogP contribution in [0.2, 0.25) is 0 Å². The van der Waals surface area contributed by atoms with Gasteiger partial charge in [-0.3, -0.25) is 4.99 Å². The van der Waals surface area contributed by atoms with Crippen LogP contribution in [0, 0.1) is 12.7 Å². The molecule has 24 heavy (non-hydrogen) atoms. The molecule has 0 radical (unpaired) electrons. The Labute approximate surface area is 139 Å². The van der Waals surface area contributed by atoms with Gasteiger partial charge < -0.3 is 9.88 Å². The largest absolute Gasteiger partial charge is 0.340 e. The molecule has 0 unspecified atom stereocenters. The van der Waals surface area contributed by atoms with Crippen molar-refractivity contribution < 1.29 is 4.39 Å². The molecule has 0 aliphatic carbocycles. The van der Waals surface area contributed by atoms with Gasteiger partial charge in [0.25, 0.3) is 0 Å². The number of fused-ring (bicyclic) bond motifs is 1. The van der Waals surface area contributed by atoms with Crippen LogP contribution >= 0.6 is 0 Å². The Morgan fingerprint density at radius 3 is 2.54 bits per heavy atom. The first kappa shape index (κ1) is 14.6. The molecule has 0 spiro atoms. The van der Waals surface area contributed by atoms with E-state index in [-0.39, 0.29) is 5.82 Å². The van der Waals surface area contributed by atoms with Gasteiger partial charge in [-0.15, -0.1) is 0 Å². The molecule has 1 aliphatic heterocycles. The van der Waals surface area contributed by atoms with Crippen molar-refractivity contribution in [2.24, 2.45) is 4.99 Å². The lowest BCUT2D eigenvalue weighted by molar-refractivity contribution is 0.628. The van der Waals surface area contributed by atoms with E-state index in [0.717, 1.165) is 41.7 Å². The number of anilines is 2. The smallest absolute Gasteiger partial charge is 0.153 e. The van der Waals surface area contributed by atoms with Crippen molar-refractivity contribution in [2.45, 2.75) is 13.5 Å². The predicted octanol–water partition coefficient (Wildman–Crippen LogP) is 4.17. The van der Waals surface area contributed by atoms with Crippen molar-refractivity contribution >= 4 is 17.7 Å². The fraction of sp³-hybridized carbons (Fsp3) is 0.158. The third kappa shape index (κ3) is 2.69. The van der Waals surface area contributed by atoms with Crippen LogP contribution in [0.1, 0.15) is 11.4 Å². The number of aliphatic imine (C=N–C) groups is 1. The van der Waals surface area contributed by atoms with Crippen molar-refractivity contribution in [3.63, 3.8) is 0 Å². The zero-order chi connectivity index (χ0) is 16.5. The summed E-state index contributed by atoms with van der Waals surface area (Å²) in [7, 11) is 0. The number of halogens is 1. The predicted molar refractivity (Wildman–Crippen MR) is 94.5 cm³/mol. The van der Waals surface area contributed by atoms with Gasteiger partial charge in [0.1, 0.15) is 17.3 Å². The molecule has 0 atom stereocenters. The van der Waals surface area contributed by atoms with Crippen LogP contribution in [0.3, 0.4) is 0 Å². The third-order valence-electron chi connectivity index (χ3n) is 4.09. The SMILES string of the molecule is Cc1ccc(Nc2c(-c3ccc(F)cc3)nc3n2CCN=C3)cc1. The molecule has 1 aromatic heterocycles. The molecule has 0 amide bonds. The van der Waals surface area contributed by atoms with E-state index in [1.54, 1.807) is 18.3 Å². The van der Waals surface area contributed by atoms with Gasteiger partial charge in [0.05, 0.1) is 12.8 Å². The highest BCUT2D eigenvalue weighted by Gasteiger charge is 2.19. The molecule has 1 N–H and O–H groups in total. The summed E-state index contributed by atoms with van der Waals surface area (Å²) in [6.45, 7) is 3.56. The van der Waals surface area contributed by atoms with Crippen LogP contribution in [-0.4, -0.2) is 22.3 Å². The first-order valence-electron chi connectivity index (χ1n) is 7.91. The number of imidazole rings is 1. The Morgan fingerprint density at radius 2 is 1.79 bits per heavy atom. The summed E-state index contributed by atoms with van der Waals surface area (Å²) in [4.78, 5) is 9.00. The summed E-state index contributed by atoms with van der Waals surface area (Å²) >= 11 is 0. The van der Waals surface area contributed by atoms with Gasteiger partial charge in [-0.1, -0.05) is 17.7 Å². The lowest BCUT2D eigenvalue weighted by Gasteiger charge is -2.15. The summed E-state index contributed by atoms with van der Waals surface area (Å²) in [5.41, 5.74) is 3.89. The molecular weight excluding hydrogens is 303 g/mol. The number of nitrogens with one attached hydrogen (secondary N) is 1. The highest BCUT2D eigenvalue weighted by molar-refractivity contribution is 5.84. The van der Waals surface area contributed by atoms with Crippen molar-refractivity contribution in [3.8, 4) is 11.3 Å². The van der Waals surface area contributed by atoms with Gasteiger partial charge in [-0.25, -0.2) is 9.37 Å². The second kappa shape index (κ2) is 5.92. The van der Waals surface area contributed by atoms with Gasteiger partial charge >= 0.3 is 0 Å². The fourth-order valence-corrected chi connectivity index (χ4v) is 2.81. The number of aryl methyl sites for hydroxylation is 1. The molecule has 120 valence electrons. The van der Waals surface area contributed by atoms with Crippen LogP contribution < -0.4 is 5.32 Å². The molecule has 5 heteroatoms. The van der Waals surface area contributed by atoms with Crippen LogP contribution in [-0.2, 0) is 6.54 Å². The van der Waals surface area contributed by atoms with E-state index >= 15 is 0 Å². The van der Waals surface area contributed by atoms with Crippen LogP contribution in [0.5, 0.6) is 0 Å². The van der Waals surface area contributed by atoms with Crippen molar-refractivity contribution in [1.82, 2.24) is 9.55 Å². The molecule has 1 aliphatic rings. The van der Waals surface area contributed by atoms with E-state index in [9.17, 15) is 4.39 Å². The molecule has 0 bridgehead atoms. The number of rotatable bonds is 3. The lowest BCUT2D eigenvalue weighted by atomic mass is 10.1. The molecule has 0 saturated carbocycles. The Kier molecular flexibility index (Phi) is 3.61. The Bertz CT molecular complexity index is 892. The number of benzene rings is 2. The highest BCUT2D eigenvalue weighted by Crippen LogP contribution is 2.31. The maximum absolute atomic E-state index is 13.3. The Morgan fingerprint density at radius 1 is 1.04 bits per heavy atom. The monoisotopic (exact) mass is 320 g/mol. The maximum atomic E-state index is 13.3. The number of hydrogen-bond acceptors (Lipinski definition) is 3. The highest BCUT2D eigenvalue weighted by atomic mass is 19.1. The van der Waals surface area contributed by atoms with E-state index in [4.69, 9.17) is 4.98 Å². The normalized spacial score (nSPS) is 12.9. The lowest BCUT2D eigenvalue weighted by Crippen LogP contribution is -2.13. The molecule has 0 fully saturated rings. The third-order valence-corrected chi connectivity index (χ3v) is 4.09. The maximum Gasteiger partial charge on any atom is 0.153 e. The van der Waals surface area contributed by atoms with E-state index in [0.29, 0.717) is 0 Å². The second-order valence-corrected chi connectivity index (χ2v) is 5.85. The summed E-state index contributed by atoms with van der Waals surface area (Å²) < 4.78 is 15.4. The van der Waals surface area contributed by atoms with Crippen LogP contribution in [0.15, 0.2) is 53.5 Å². The average Bonchev–Trinajstić information content (AvgIpc) is 2.96. The molecular formula is C19H17FN4. The molecule has 3 aromatic rings. The van der Waals surface area contributed by atoms with Crippen molar-refractivity contribution in [2.75, 3.05) is 11.9 Å². The molecule has 4 nitrogen and oxygen atoms in total. The summed E-state index contributed by atoms with van der Waals surface area (Å²) in [5.74, 6) is 1.47. The molecule has 2 heterocycles. The van der Waals surface area contributed by atoms with Gasteiger partial charge in [-0.2, -0.15) is 0 Å². The topological polar surface area (TPSA) is 42.2 Å². The van der Waals surface area contributed by atoms with E-state index < -0.39 is 0 Å². The summed E-state index contributed by atoms with van der Waals surface area (Å²) in [5, 5.41) is 3.47. The van der Waals surface area contributed by atoms with Gasteiger partial charge in [-0.05, 0) is 43.3 Å². The van der Waals surface area contributed by atoms with Gasteiger partial charge in [0.15, 0.2) is 5.82 Å². The molecule has 4 rings (SSSR count).